The van der Waals surface area contributed by atoms with Crippen molar-refractivity contribution >= 4 is 0 Å². The summed E-state index contributed by atoms with van der Waals surface area (Å²) >= 11 is 0. The lowest BCUT2D eigenvalue weighted by atomic mass is 9.87. The Balaban J connectivity index is 4.80. The fraction of sp³-hybridized carbons (Fsp3) is 1.00. The molecule has 0 amide bonds. The molecule has 1 heteroatoms. The first-order valence-corrected chi connectivity index (χ1v) is 9.65. The van der Waals surface area contributed by atoms with Crippen LogP contribution in [0.25, 0.3) is 0 Å². The topological polar surface area (TPSA) is 9.23 Å². The zero-order chi connectivity index (χ0) is 16.2. The van der Waals surface area contributed by atoms with Gasteiger partial charge in [-0.25, -0.2) is 0 Å². The first-order chi connectivity index (χ1) is 9.95. The molecular formula is C20H42O. The Hall–Kier alpha value is -0.0400. The maximum Gasteiger partial charge on any atom is 0.0662 e. The Morgan fingerprint density at radius 1 is 0.524 bits per heavy atom. The van der Waals surface area contributed by atoms with Gasteiger partial charge in [0.05, 0.1) is 11.2 Å². The normalized spacial score (nSPS) is 12.9. The van der Waals surface area contributed by atoms with E-state index in [1.807, 2.05) is 0 Å². The van der Waals surface area contributed by atoms with Gasteiger partial charge in [-0.15, -0.1) is 0 Å². The van der Waals surface area contributed by atoms with Crippen molar-refractivity contribution in [1.29, 1.82) is 0 Å². The molecule has 0 radical (unpaired) electrons. The van der Waals surface area contributed by atoms with Gasteiger partial charge in [-0.2, -0.15) is 0 Å². The highest BCUT2D eigenvalue weighted by Gasteiger charge is 2.34. The SMILES string of the molecule is CCCCC(C)(CCCC)OC(C)(CCCC)CCCC. The third-order valence-electron chi connectivity index (χ3n) is 4.73. The van der Waals surface area contributed by atoms with Crippen molar-refractivity contribution in [1.82, 2.24) is 0 Å². The molecule has 0 saturated carbocycles. The Morgan fingerprint density at radius 2 is 0.762 bits per heavy atom. The van der Waals surface area contributed by atoms with E-state index in [9.17, 15) is 0 Å². The van der Waals surface area contributed by atoms with Gasteiger partial charge in [0, 0.05) is 0 Å². The largest absolute Gasteiger partial charge is 0.369 e. The van der Waals surface area contributed by atoms with E-state index in [-0.39, 0.29) is 11.2 Å². The van der Waals surface area contributed by atoms with E-state index < -0.39 is 0 Å². The molecule has 0 aliphatic rings. The molecule has 0 saturated heterocycles. The second kappa shape index (κ2) is 11.5. The van der Waals surface area contributed by atoms with Crippen molar-refractivity contribution in [3.63, 3.8) is 0 Å². The van der Waals surface area contributed by atoms with Gasteiger partial charge in [0.2, 0.25) is 0 Å². The van der Waals surface area contributed by atoms with Gasteiger partial charge in [-0.3, -0.25) is 0 Å². The fourth-order valence-corrected chi connectivity index (χ4v) is 3.25. The fourth-order valence-electron chi connectivity index (χ4n) is 3.25. The summed E-state index contributed by atoms with van der Waals surface area (Å²) in [6.07, 6.45) is 15.1. The van der Waals surface area contributed by atoms with Crippen molar-refractivity contribution in [2.75, 3.05) is 0 Å². The van der Waals surface area contributed by atoms with Gasteiger partial charge in [0.1, 0.15) is 0 Å². The maximum atomic E-state index is 6.83. The van der Waals surface area contributed by atoms with Gasteiger partial charge in [0.15, 0.2) is 0 Å². The minimum Gasteiger partial charge on any atom is -0.369 e. The van der Waals surface area contributed by atoms with Gasteiger partial charge < -0.3 is 4.74 Å². The Bertz CT molecular complexity index is 194. The molecule has 0 atom stereocenters. The molecule has 0 unspecified atom stereocenters. The van der Waals surface area contributed by atoms with Gasteiger partial charge in [0.25, 0.3) is 0 Å². The summed E-state index contributed by atoms with van der Waals surface area (Å²) in [5.74, 6) is 0. The van der Waals surface area contributed by atoms with E-state index in [4.69, 9.17) is 4.74 Å². The van der Waals surface area contributed by atoms with Crippen LogP contribution in [0.4, 0.5) is 0 Å². The molecule has 0 spiro atoms. The van der Waals surface area contributed by atoms with Crippen LogP contribution in [0.1, 0.15) is 119 Å². The molecule has 0 bridgehead atoms. The van der Waals surface area contributed by atoms with E-state index in [1.165, 1.54) is 77.0 Å². The smallest absolute Gasteiger partial charge is 0.0662 e. The lowest BCUT2D eigenvalue weighted by Crippen LogP contribution is -2.41. The van der Waals surface area contributed by atoms with Crippen LogP contribution in [0.15, 0.2) is 0 Å². The van der Waals surface area contributed by atoms with Crippen LogP contribution in [0, 0.1) is 0 Å². The van der Waals surface area contributed by atoms with Gasteiger partial charge in [-0.05, 0) is 39.5 Å². The summed E-state index contributed by atoms with van der Waals surface area (Å²) < 4.78 is 6.83. The Kier molecular flexibility index (Phi) is 11.5. The van der Waals surface area contributed by atoms with E-state index in [0.29, 0.717) is 0 Å². The summed E-state index contributed by atoms with van der Waals surface area (Å²) in [5, 5.41) is 0. The first-order valence-electron chi connectivity index (χ1n) is 9.65. The highest BCUT2D eigenvalue weighted by atomic mass is 16.5. The summed E-state index contributed by atoms with van der Waals surface area (Å²) in [6.45, 7) is 13.9. The van der Waals surface area contributed by atoms with Gasteiger partial charge >= 0.3 is 0 Å². The average Bonchev–Trinajstić information content (AvgIpc) is 2.47. The molecule has 0 fully saturated rings. The molecule has 0 N–H and O–H groups in total. The molecule has 0 aliphatic carbocycles. The van der Waals surface area contributed by atoms with Crippen LogP contribution >= 0.6 is 0 Å². The second-order valence-corrected chi connectivity index (χ2v) is 7.42. The van der Waals surface area contributed by atoms with Crippen LogP contribution in [0.2, 0.25) is 0 Å². The molecule has 0 rings (SSSR count). The highest BCUT2D eigenvalue weighted by Crippen LogP contribution is 2.35. The van der Waals surface area contributed by atoms with E-state index in [2.05, 4.69) is 41.5 Å². The third kappa shape index (κ3) is 9.55. The predicted octanol–water partition coefficient (Wildman–Crippen LogP) is 7.28. The monoisotopic (exact) mass is 298 g/mol. The summed E-state index contributed by atoms with van der Waals surface area (Å²) in [7, 11) is 0. The quantitative estimate of drug-likeness (QED) is 0.327. The van der Waals surface area contributed by atoms with E-state index >= 15 is 0 Å². The minimum absolute atomic E-state index is 0.0856. The first kappa shape index (κ1) is 21.0. The molecule has 0 aromatic rings. The van der Waals surface area contributed by atoms with Crippen LogP contribution in [0.5, 0.6) is 0 Å². The molecule has 0 heterocycles. The molecule has 1 nitrogen and oxygen atoms in total. The Labute approximate surface area is 135 Å². The maximum absolute atomic E-state index is 6.83. The minimum atomic E-state index is 0.0856. The molecule has 0 aromatic heterocycles. The van der Waals surface area contributed by atoms with Crippen molar-refractivity contribution in [3.8, 4) is 0 Å². The van der Waals surface area contributed by atoms with Crippen LogP contribution in [0.3, 0.4) is 0 Å². The van der Waals surface area contributed by atoms with E-state index in [1.54, 1.807) is 0 Å². The van der Waals surface area contributed by atoms with E-state index in [0.717, 1.165) is 0 Å². The predicted molar refractivity (Wildman–Crippen MR) is 96.0 cm³/mol. The average molecular weight is 299 g/mol. The lowest BCUT2D eigenvalue weighted by molar-refractivity contribution is -0.157. The van der Waals surface area contributed by atoms with Crippen molar-refractivity contribution in [3.05, 3.63) is 0 Å². The standard InChI is InChI=1S/C20H42O/c1-7-11-15-19(5,16-12-8-2)21-20(6,17-13-9-3)18-14-10-4/h7-18H2,1-6H3. The van der Waals surface area contributed by atoms with Crippen LogP contribution < -0.4 is 0 Å². The molecule has 21 heavy (non-hydrogen) atoms. The number of hydrogen-bond acceptors (Lipinski definition) is 1. The highest BCUT2D eigenvalue weighted by molar-refractivity contribution is 4.84. The number of unbranched alkanes of at least 4 members (excludes halogenated alkanes) is 4. The Morgan fingerprint density at radius 3 is 0.952 bits per heavy atom. The third-order valence-corrected chi connectivity index (χ3v) is 4.73. The molecule has 0 aromatic carbocycles. The number of hydrogen-bond donors (Lipinski definition) is 0. The summed E-state index contributed by atoms with van der Waals surface area (Å²) in [5.41, 5.74) is 0.171. The second-order valence-electron chi connectivity index (χ2n) is 7.42. The van der Waals surface area contributed by atoms with Crippen LogP contribution in [-0.4, -0.2) is 11.2 Å². The number of ether oxygens (including phenoxy) is 1. The lowest BCUT2D eigenvalue weighted by Gasteiger charge is -2.41. The molecular weight excluding hydrogens is 256 g/mol. The molecule has 128 valence electrons. The number of rotatable bonds is 14. The van der Waals surface area contributed by atoms with Gasteiger partial charge in [-0.1, -0.05) is 79.1 Å². The summed E-state index contributed by atoms with van der Waals surface area (Å²) in [4.78, 5) is 0. The van der Waals surface area contributed by atoms with Crippen LogP contribution in [-0.2, 0) is 4.74 Å². The van der Waals surface area contributed by atoms with Crippen molar-refractivity contribution < 1.29 is 4.74 Å². The molecule has 0 aliphatic heterocycles. The van der Waals surface area contributed by atoms with Crippen molar-refractivity contribution in [2.45, 2.75) is 130 Å². The summed E-state index contributed by atoms with van der Waals surface area (Å²) in [6, 6.07) is 0. The van der Waals surface area contributed by atoms with Crippen molar-refractivity contribution in [2.24, 2.45) is 0 Å². The zero-order valence-corrected chi connectivity index (χ0v) is 15.9. The zero-order valence-electron chi connectivity index (χ0n) is 15.9.